The Kier molecular flexibility index (Phi) is 3.16. The molecule has 0 bridgehead atoms. The Hall–Kier alpha value is -1.59. The molecule has 0 fully saturated rings. The molecule has 1 heterocycles. The predicted octanol–water partition coefficient (Wildman–Crippen LogP) is 3.12. The third kappa shape index (κ3) is 2.57. The summed E-state index contributed by atoms with van der Waals surface area (Å²) >= 11 is 7.43. The number of amides is 1. The summed E-state index contributed by atoms with van der Waals surface area (Å²) in [5, 5.41) is 3.89. The SMILES string of the molecule is Nc1cc(Cl)cc(C(=O)Nc2nc3c(s2)CCC3)c1. The van der Waals surface area contributed by atoms with Crippen molar-refractivity contribution >= 4 is 39.7 Å². The van der Waals surface area contributed by atoms with Gasteiger partial charge in [-0.3, -0.25) is 10.1 Å². The van der Waals surface area contributed by atoms with Crippen LogP contribution in [0, 0.1) is 0 Å². The molecule has 0 radical (unpaired) electrons. The van der Waals surface area contributed by atoms with E-state index in [-0.39, 0.29) is 5.91 Å². The highest BCUT2D eigenvalue weighted by Gasteiger charge is 2.18. The second-order valence-corrected chi connectivity index (χ2v) is 5.99. The maximum Gasteiger partial charge on any atom is 0.257 e. The molecule has 1 aromatic carbocycles. The molecule has 0 unspecified atom stereocenters. The summed E-state index contributed by atoms with van der Waals surface area (Å²) in [5.74, 6) is -0.235. The Balaban J connectivity index is 1.80. The number of halogens is 1. The van der Waals surface area contributed by atoms with E-state index in [1.807, 2.05) is 0 Å². The molecular formula is C13H12ClN3OS. The quantitative estimate of drug-likeness (QED) is 0.836. The lowest BCUT2D eigenvalue weighted by Crippen LogP contribution is -2.12. The number of aryl methyl sites for hydroxylation is 2. The number of hydrogen-bond donors (Lipinski definition) is 2. The second kappa shape index (κ2) is 4.83. The van der Waals surface area contributed by atoms with Gasteiger partial charge in [0.05, 0.1) is 5.69 Å². The fourth-order valence-corrected chi connectivity index (χ4v) is 3.44. The molecule has 0 saturated carbocycles. The molecule has 4 nitrogen and oxygen atoms in total. The molecule has 0 aliphatic heterocycles. The van der Waals surface area contributed by atoms with Gasteiger partial charge in [0, 0.05) is 21.2 Å². The van der Waals surface area contributed by atoms with Crippen molar-refractivity contribution in [2.45, 2.75) is 19.3 Å². The van der Waals surface area contributed by atoms with Crippen LogP contribution in [0.15, 0.2) is 18.2 Å². The van der Waals surface area contributed by atoms with Gasteiger partial charge in [0.15, 0.2) is 5.13 Å². The number of thiazole rings is 1. The van der Waals surface area contributed by atoms with E-state index in [1.165, 1.54) is 4.88 Å². The van der Waals surface area contributed by atoms with Crippen molar-refractivity contribution in [3.8, 4) is 0 Å². The van der Waals surface area contributed by atoms with Crippen LogP contribution in [0.25, 0.3) is 0 Å². The third-order valence-electron chi connectivity index (χ3n) is 3.00. The first-order chi connectivity index (χ1) is 9.11. The van der Waals surface area contributed by atoms with Crippen molar-refractivity contribution < 1.29 is 4.79 Å². The smallest absolute Gasteiger partial charge is 0.257 e. The lowest BCUT2D eigenvalue weighted by atomic mass is 10.2. The number of nitrogens with two attached hydrogens (primary N) is 1. The van der Waals surface area contributed by atoms with Crippen LogP contribution in [0.3, 0.4) is 0 Å². The number of rotatable bonds is 2. The van der Waals surface area contributed by atoms with Gasteiger partial charge in [0.1, 0.15) is 0 Å². The summed E-state index contributed by atoms with van der Waals surface area (Å²) in [6, 6.07) is 4.80. The number of carbonyl (C=O) groups excluding carboxylic acids is 1. The highest BCUT2D eigenvalue weighted by atomic mass is 35.5. The topological polar surface area (TPSA) is 68.0 Å². The predicted molar refractivity (Wildman–Crippen MR) is 78.0 cm³/mol. The summed E-state index contributed by atoms with van der Waals surface area (Å²) in [7, 11) is 0. The van der Waals surface area contributed by atoms with Crippen LogP contribution < -0.4 is 11.1 Å². The average molecular weight is 294 g/mol. The molecule has 1 amide bonds. The highest BCUT2D eigenvalue weighted by Crippen LogP contribution is 2.30. The molecule has 1 aromatic heterocycles. The van der Waals surface area contributed by atoms with E-state index >= 15 is 0 Å². The van der Waals surface area contributed by atoms with E-state index in [4.69, 9.17) is 17.3 Å². The van der Waals surface area contributed by atoms with Gasteiger partial charge in [0.2, 0.25) is 0 Å². The van der Waals surface area contributed by atoms with Crippen molar-refractivity contribution in [3.05, 3.63) is 39.4 Å². The zero-order valence-corrected chi connectivity index (χ0v) is 11.6. The van der Waals surface area contributed by atoms with E-state index < -0.39 is 0 Å². The monoisotopic (exact) mass is 293 g/mol. The number of aromatic nitrogens is 1. The van der Waals surface area contributed by atoms with Crippen LogP contribution in [0.2, 0.25) is 5.02 Å². The number of hydrogen-bond acceptors (Lipinski definition) is 4. The van der Waals surface area contributed by atoms with E-state index in [0.717, 1.165) is 25.0 Å². The van der Waals surface area contributed by atoms with Crippen molar-refractivity contribution in [2.24, 2.45) is 0 Å². The van der Waals surface area contributed by atoms with E-state index in [1.54, 1.807) is 29.5 Å². The van der Waals surface area contributed by atoms with Gasteiger partial charge in [0.25, 0.3) is 5.91 Å². The molecular weight excluding hydrogens is 282 g/mol. The van der Waals surface area contributed by atoms with E-state index in [0.29, 0.717) is 21.4 Å². The number of nitrogen functional groups attached to an aromatic ring is 1. The van der Waals surface area contributed by atoms with Gasteiger partial charge in [-0.15, -0.1) is 11.3 Å². The van der Waals surface area contributed by atoms with Gasteiger partial charge < -0.3 is 5.73 Å². The van der Waals surface area contributed by atoms with E-state index in [2.05, 4.69) is 10.3 Å². The fourth-order valence-electron chi connectivity index (χ4n) is 2.16. The maximum absolute atomic E-state index is 12.1. The minimum atomic E-state index is -0.235. The lowest BCUT2D eigenvalue weighted by molar-refractivity contribution is 0.102. The van der Waals surface area contributed by atoms with Gasteiger partial charge >= 0.3 is 0 Å². The molecule has 3 N–H and O–H groups in total. The average Bonchev–Trinajstić information content (AvgIpc) is 2.88. The van der Waals surface area contributed by atoms with Crippen LogP contribution in [0.4, 0.5) is 10.8 Å². The van der Waals surface area contributed by atoms with Crippen LogP contribution in [-0.4, -0.2) is 10.9 Å². The fraction of sp³-hybridized carbons (Fsp3) is 0.231. The molecule has 0 atom stereocenters. The zero-order valence-electron chi connectivity index (χ0n) is 10.1. The van der Waals surface area contributed by atoms with Gasteiger partial charge in [-0.1, -0.05) is 11.6 Å². The molecule has 3 rings (SSSR count). The molecule has 0 spiro atoms. The standard InChI is InChI=1S/C13H12ClN3OS/c14-8-4-7(5-9(15)6-8)12(18)17-13-16-10-2-1-3-11(10)19-13/h4-6H,1-3,15H2,(H,16,17,18). The highest BCUT2D eigenvalue weighted by molar-refractivity contribution is 7.16. The molecule has 2 aromatic rings. The molecule has 0 saturated heterocycles. The lowest BCUT2D eigenvalue weighted by Gasteiger charge is -2.04. The summed E-state index contributed by atoms with van der Waals surface area (Å²) in [6.45, 7) is 0. The summed E-state index contributed by atoms with van der Waals surface area (Å²) in [5.41, 5.74) is 7.70. The third-order valence-corrected chi connectivity index (χ3v) is 4.29. The minimum Gasteiger partial charge on any atom is -0.399 e. The Morgan fingerprint density at radius 2 is 2.21 bits per heavy atom. The number of carbonyl (C=O) groups is 1. The Labute approximate surface area is 119 Å². The largest absolute Gasteiger partial charge is 0.399 e. The first kappa shape index (κ1) is 12.4. The van der Waals surface area contributed by atoms with Crippen molar-refractivity contribution in [1.29, 1.82) is 0 Å². The maximum atomic E-state index is 12.1. The Morgan fingerprint density at radius 1 is 1.37 bits per heavy atom. The molecule has 19 heavy (non-hydrogen) atoms. The number of nitrogens with zero attached hydrogens (tertiary/aromatic N) is 1. The number of nitrogens with one attached hydrogen (secondary N) is 1. The zero-order chi connectivity index (χ0) is 13.4. The number of benzene rings is 1. The van der Waals surface area contributed by atoms with Crippen LogP contribution in [0.1, 0.15) is 27.3 Å². The summed E-state index contributed by atoms with van der Waals surface area (Å²) in [4.78, 5) is 17.8. The second-order valence-electron chi connectivity index (χ2n) is 4.47. The first-order valence-electron chi connectivity index (χ1n) is 5.98. The minimum absolute atomic E-state index is 0.235. The van der Waals surface area contributed by atoms with E-state index in [9.17, 15) is 4.79 Å². The Morgan fingerprint density at radius 3 is 2.95 bits per heavy atom. The van der Waals surface area contributed by atoms with Crippen LogP contribution >= 0.6 is 22.9 Å². The molecule has 6 heteroatoms. The molecule has 1 aliphatic carbocycles. The van der Waals surface area contributed by atoms with Crippen LogP contribution in [-0.2, 0) is 12.8 Å². The number of fused-ring (bicyclic) bond motifs is 1. The summed E-state index contributed by atoms with van der Waals surface area (Å²) < 4.78 is 0. The van der Waals surface area contributed by atoms with Gasteiger partial charge in [-0.2, -0.15) is 0 Å². The van der Waals surface area contributed by atoms with Crippen LogP contribution in [0.5, 0.6) is 0 Å². The summed E-state index contributed by atoms with van der Waals surface area (Å²) in [6.07, 6.45) is 3.23. The first-order valence-corrected chi connectivity index (χ1v) is 7.17. The van der Waals surface area contributed by atoms with Gasteiger partial charge in [-0.25, -0.2) is 4.98 Å². The van der Waals surface area contributed by atoms with Gasteiger partial charge in [-0.05, 0) is 37.5 Å². The molecule has 1 aliphatic rings. The number of anilines is 2. The Bertz CT molecular complexity index is 612. The molecule has 98 valence electrons. The normalized spacial score (nSPS) is 13.3. The van der Waals surface area contributed by atoms with Crippen molar-refractivity contribution in [3.63, 3.8) is 0 Å². The van der Waals surface area contributed by atoms with Crippen molar-refractivity contribution in [1.82, 2.24) is 4.98 Å². The van der Waals surface area contributed by atoms with Crippen molar-refractivity contribution in [2.75, 3.05) is 11.1 Å².